The molecule has 2 heterocycles. The number of likely N-dealkylation sites (tertiary alicyclic amines) is 1. The number of ether oxygens (including phenoxy) is 1. The fraction of sp³-hybridized carbons (Fsp3) is 0.333. The molecule has 6 nitrogen and oxygen atoms in total. The van der Waals surface area contributed by atoms with Gasteiger partial charge >= 0.3 is 5.97 Å². The monoisotopic (exact) mass is 356 g/mol. The van der Waals surface area contributed by atoms with Crippen molar-refractivity contribution in [1.82, 2.24) is 9.88 Å². The van der Waals surface area contributed by atoms with Crippen LogP contribution >= 0.6 is 23.2 Å². The summed E-state index contributed by atoms with van der Waals surface area (Å²) in [5.74, 6) is -0.0321. The first kappa shape index (κ1) is 16.1. The van der Waals surface area contributed by atoms with E-state index < -0.39 is 5.97 Å². The largest absolute Gasteiger partial charge is 0.489 e. The molecule has 122 valence electrons. The summed E-state index contributed by atoms with van der Waals surface area (Å²) in [5.41, 5.74) is -0.0807. The highest BCUT2D eigenvalue weighted by Gasteiger charge is 2.25. The third kappa shape index (κ3) is 3.96. The standard InChI is InChI=1S/C15H14Cl2N2O4/c16-11-2-1-9(5-12(11)17)23-10-3-4-19(6-10)7-14-18-13(8-22-14)15(20)21/h1-2,5,8,10H,3-4,6-7H2,(H,20,21). The van der Waals surface area contributed by atoms with E-state index in [0.29, 0.717) is 34.8 Å². The van der Waals surface area contributed by atoms with Gasteiger partial charge in [0.2, 0.25) is 5.89 Å². The number of rotatable bonds is 5. The Kier molecular flexibility index (Phi) is 4.75. The molecule has 1 aromatic carbocycles. The SMILES string of the molecule is O=C(O)c1coc(CN2CCC(Oc3ccc(Cl)c(Cl)c3)C2)n1. The summed E-state index contributed by atoms with van der Waals surface area (Å²) in [7, 11) is 0. The fourth-order valence-electron chi connectivity index (χ4n) is 2.45. The van der Waals surface area contributed by atoms with Gasteiger partial charge in [-0.3, -0.25) is 4.90 Å². The molecule has 0 aliphatic carbocycles. The van der Waals surface area contributed by atoms with Gasteiger partial charge in [0.1, 0.15) is 18.1 Å². The van der Waals surface area contributed by atoms with Crippen LogP contribution in [0.4, 0.5) is 0 Å². The van der Waals surface area contributed by atoms with Crippen LogP contribution in [0.15, 0.2) is 28.9 Å². The molecular formula is C15H14Cl2N2O4. The van der Waals surface area contributed by atoms with E-state index in [0.717, 1.165) is 19.2 Å². The lowest BCUT2D eigenvalue weighted by molar-refractivity contribution is 0.0690. The van der Waals surface area contributed by atoms with E-state index in [1.807, 2.05) is 0 Å². The predicted molar refractivity (Wildman–Crippen MR) is 84.2 cm³/mol. The summed E-state index contributed by atoms with van der Waals surface area (Å²) in [4.78, 5) is 16.8. The quantitative estimate of drug-likeness (QED) is 0.885. The summed E-state index contributed by atoms with van der Waals surface area (Å²) in [6.45, 7) is 1.97. The van der Waals surface area contributed by atoms with Crippen molar-refractivity contribution >= 4 is 29.2 Å². The van der Waals surface area contributed by atoms with Gasteiger partial charge in [0.15, 0.2) is 5.69 Å². The molecule has 8 heteroatoms. The summed E-state index contributed by atoms with van der Waals surface area (Å²) in [6, 6.07) is 5.18. The van der Waals surface area contributed by atoms with E-state index in [1.165, 1.54) is 0 Å². The molecule has 1 aromatic heterocycles. The van der Waals surface area contributed by atoms with Gasteiger partial charge in [-0.15, -0.1) is 0 Å². The number of halogens is 2. The number of carbonyl (C=O) groups is 1. The minimum atomic E-state index is -1.10. The number of hydrogen-bond donors (Lipinski definition) is 1. The average molecular weight is 357 g/mol. The van der Waals surface area contributed by atoms with Crippen molar-refractivity contribution in [2.75, 3.05) is 13.1 Å². The Morgan fingerprint density at radius 2 is 2.26 bits per heavy atom. The smallest absolute Gasteiger partial charge is 0.357 e. The van der Waals surface area contributed by atoms with Gasteiger partial charge in [-0.2, -0.15) is 0 Å². The van der Waals surface area contributed by atoms with E-state index in [1.54, 1.807) is 18.2 Å². The van der Waals surface area contributed by atoms with E-state index in [-0.39, 0.29) is 11.8 Å². The van der Waals surface area contributed by atoms with Crippen molar-refractivity contribution in [2.45, 2.75) is 19.1 Å². The van der Waals surface area contributed by atoms with Gasteiger partial charge in [0.05, 0.1) is 16.6 Å². The zero-order valence-corrected chi connectivity index (χ0v) is 13.5. The Labute approximate surface area is 142 Å². The molecule has 0 bridgehead atoms. The summed E-state index contributed by atoms with van der Waals surface area (Å²) in [5, 5.41) is 9.78. The molecule has 1 N–H and O–H groups in total. The normalized spacial score (nSPS) is 18.3. The van der Waals surface area contributed by atoms with Gasteiger partial charge in [-0.05, 0) is 18.6 Å². The van der Waals surface area contributed by atoms with Crippen LogP contribution in [0.3, 0.4) is 0 Å². The summed E-state index contributed by atoms with van der Waals surface area (Å²) < 4.78 is 11.1. The maximum absolute atomic E-state index is 10.8. The number of carboxylic acids is 1. The lowest BCUT2D eigenvalue weighted by Gasteiger charge is -2.15. The highest BCUT2D eigenvalue weighted by atomic mass is 35.5. The molecule has 0 radical (unpaired) electrons. The van der Waals surface area contributed by atoms with Crippen molar-refractivity contribution < 1.29 is 19.1 Å². The van der Waals surface area contributed by atoms with Gasteiger partial charge < -0.3 is 14.3 Å². The van der Waals surface area contributed by atoms with Gasteiger partial charge in [-0.25, -0.2) is 9.78 Å². The Balaban J connectivity index is 1.55. The molecular weight excluding hydrogens is 343 g/mol. The van der Waals surface area contributed by atoms with Crippen LogP contribution in [-0.4, -0.2) is 40.2 Å². The number of aromatic carboxylic acids is 1. The van der Waals surface area contributed by atoms with Crippen molar-refractivity contribution in [1.29, 1.82) is 0 Å². The lowest BCUT2D eigenvalue weighted by Crippen LogP contribution is -2.24. The van der Waals surface area contributed by atoms with Crippen LogP contribution in [0.5, 0.6) is 5.75 Å². The van der Waals surface area contributed by atoms with E-state index in [9.17, 15) is 4.79 Å². The number of nitrogens with zero attached hydrogens (tertiary/aromatic N) is 2. The summed E-state index contributed by atoms with van der Waals surface area (Å²) in [6.07, 6.45) is 2.03. The van der Waals surface area contributed by atoms with Crippen LogP contribution in [0.1, 0.15) is 22.8 Å². The zero-order chi connectivity index (χ0) is 16.4. The van der Waals surface area contributed by atoms with Crippen molar-refractivity contribution in [3.63, 3.8) is 0 Å². The highest BCUT2D eigenvalue weighted by Crippen LogP contribution is 2.28. The molecule has 0 spiro atoms. The van der Waals surface area contributed by atoms with Crippen LogP contribution in [0.25, 0.3) is 0 Å². The molecule has 1 unspecified atom stereocenters. The number of benzene rings is 1. The van der Waals surface area contributed by atoms with Crippen molar-refractivity contribution in [3.8, 4) is 5.75 Å². The van der Waals surface area contributed by atoms with Crippen molar-refractivity contribution in [2.24, 2.45) is 0 Å². The first-order valence-electron chi connectivity index (χ1n) is 7.03. The molecule has 1 atom stereocenters. The second-order valence-corrected chi connectivity index (χ2v) is 6.09. The van der Waals surface area contributed by atoms with E-state index >= 15 is 0 Å². The third-order valence-electron chi connectivity index (χ3n) is 3.55. The molecule has 23 heavy (non-hydrogen) atoms. The maximum Gasteiger partial charge on any atom is 0.357 e. The van der Waals surface area contributed by atoms with Crippen LogP contribution in [-0.2, 0) is 6.54 Å². The molecule has 3 rings (SSSR count). The van der Waals surface area contributed by atoms with Crippen LogP contribution < -0.4 is 4.74 Å². The van der Waals surface area contributed by atoms with Crippen LogP contribution in [0.2, 0.25) is 10.0 Å². The first-order valence-corrected chi connectivity index (χ1v) is 7.78. The van der Waals surface area contributed by atoms with Crippen molar-refractivity contribution in [3.05, 3.63) is 46.1 Å². The highest BCUT2D eigenvalue weighted by molar-refractivity contribution is 6.42. The predicted octanol–water partition coefficient (Wildman–Crippen LogP) is 3.33. The zero-order valence-electron chi connectivity index (χ0n) is 12.0. The second kappa shape index (κ2) is 6.78. The summed E-state index contributed by atoms with van der Waals surface area (Å²) >= 11 is 11.9. The number of oxazole rings is 1. The molecule has 1 aliphatic rings. The van der Waals surface area contributed by atoms with Gasteiger partial charge in [0, 0.05) is 19.2 Å². The molecule has 1 aliphatic heterocycles. The number of aromatic nitrogens is 1. The third-order valence-corrected chi connectivity index (χ3v) is 4.29. The Hall–Kier alpha value is -1.76. The molecule has 1 saturated heterocycles. The Morgan fingerprint density at radius 3 is 2.96 bits per heavy atom. The number of carboxylic acid groups (broad SMARTS) is 1. The van der Waals surface area contributed by atoms with E-state index in [2.05, 4.69) is 9.88 Å². The van der Waals surface area contributed by atoms with Gasteiger partial charge in [0.25, 0.3) is 0 Å². The Morgan fingerprint density at radius 1 is 1.43 bits per heavy atom. The molecule has 0 saturated carbocycles. The minimum absolute atomic E-state index is 0.0288. The topological polar surface area (TPSA) is 75.8 Å². The fourth-order valence-corrected chi connectivity index (χ4v) is 2.74. The lowest BCUT2D eigenvalue weighted by atomic mass is 10.3. The number of hydrogen-bond acceptors (Lipinski definition) is 5. The van der Waals surface area contributed by atoms with Gasteiger partial charge in [-0.1, -0.05) is 23.2 Å². The van der Waals surface area contributed by atoms with Crippen LogP contribution in [0, 0.1) is 0 Å². The molecule has 2 aromatic rings. The molecule has 1 fully saturated rings. The minimum Gasteiger partial charge on any atom is -0.489 e. The van der Waals surface area contributed by atoms with E-state index in [4.69, 9.17) is 37.5 Å². The average Bonchev–Trinajstić information content (AvgIpc) is 3.13. The maximum atomic E-state index is 10.8. The first-order chi connectivity index (χ1) is 11.0. The molecule has 0 amide bonds. The second-order valence-electron chi connectivity index (χ2n) is 5.27. The Bertz CT molecular complexity index is 719.